The van der Waals surface area contributed by atoms with Crippen molar-refractivity contribution in [1.82, 2.24) is 5.32 Å². The maximum Gasteiger partial charge on any atom is 0.336 e. The van der Waals surface area contributed by atoms with Crippen LogP contribution in [-0.2, 0) is 9.53 Å². The van der Waals surface area contributed by atoms with Crippen LogP contribution in [-0.4, -0.2) is 43.9 Å². The monoisotopic (exact) mass is 287 g/mol. The van der Waals surface area contributed by atoms with Crippen molar-refractivity contribution in [1.29, 1.82) is 0 Å². The van der Waals surface area contributed by atoms with Gasteiger partial charge in [0.05, 0.1) is 26.3 Å². The fraction of sp³-hybridized carbons (Fsp3) is 0.333. The van der Waals surface area contributed by atoms with Crippen LogP contribution in [0.25, 0.3) is 0 Å². The van der Waals surface area contributed by atoms with Crippen molar-refractivity contribution in [3.05, 3.63) is 28.8 Å². The predicted molar refractivity (Wildman–Crippen MR) is 68.4 cm³/mol. The molecule has 0 aromatic heterocycles. The highest BCUT2D eigenvalue weighted by atomic mass is 35.5. The molecule has 1 unspecified atom stereocenters. The van der Waals surface area contributed by atoms with Crippen LogP contribution in [0.4, 0.5) is 0 Å². The summed E-state index contributed by atoms with van der Waals surface area (Å²) in [4.78, 5) is 22.8. The van der Waals surface area contributed by atoms with Gasteiger partial charge in [-0.05, 0) is 18.2 Å². The second-order valence-corrected chi connectivity index (χ2v) is 4.03. The number of hydrogen-bond acceptors (Lipinski definition) is 5. The van der Waals surface area contributed by atoms with Crippen LogP contribution in [0.5, 0.6) is 5.75 Å². The summed E-state index contributed by atoms with van der Waals surface area (Å²) < 4.78 is 9.35. The summed E-state index contributed by atoms with van der Waals surface area (Å²) in [6.45, 7) is -0.253. The largest absolute Gasteiger partial charge is 0.496 e. The van der Waals surface area contributed by atoms with Crippen LogP contribution >= 0.6 is 11.6 Å². The molecule has 0 radical (unpaired) electrons. The highest BCUT2D eigenvalue weighted by Gasteiger charge is 2.18. The Hall–Kier alpha value is -1.79. The summed E-state index contributed by atoms with van der Waals surface area (Å²) in [6, 6.07) is 4.52. The number of benzene rings is 1. The number of amides is 1. The van der Waals surface area contributed by atoms with Crippen LogP contribution in [0, 0.1) is 0 Å². The van der Waals surface area contributed by atoms with Gasteiger partial charge in [0.1, 0.15) is 5.75 Å². The Morgan fingerprint density at radius 3 is 2.68 bits per heavy atom. The number of hydrogen-bond donors (Lipinski definition) is 2. The fourth-order valence-corrected chi connectivity index (χ4v) is 1.52. The zero-order valence-corrected chi connectivity index (χ0v) is 11.2. The molecule has 0 spiro atoms. The molecular weight excluding hydrogens is 274 g/mol. The van der Waals surface area contributed by atoms with Gasteiger partial charge in [0.25, 0.3) is 5.91 Å². The minimum absolute atomic E-state index is 0.253. The van der Waals surface area contributed by atoms with E-state index in [4.69, 9.17) is 16.3 Å². The third-order valence-electron chi connectivity index (χ3n) is 2.34. The number of esters is 1. The first-order chi connectivity index (χ1) is 8.99. The molecule has 0 aliphatic heterocycles. The van der Waals surface area contributed by atoms with Crippen LogP contribution in [0.15, 0.2) is 18.2 Å². The molecule has 0 aliphatic carbocycles. The number of nitrogens with one attached hydrogen (secondary N) is 1. The lowest BCUT2D eigenvalue weighted by molar-refractivity contribution is -0.149. The number of ether oxygens (including phenoxy) is 2. The Kier molecular flexibility index (Phi) is 5.59. The number of halogens is 1. The first-order valence-corrected chi connectivity index (χ1v) is 5.75. The lowest BCUT2D eigenvalue weighted by Gasteiger charge is -2.12. The minimum atomic E-state index is -1.41. The molecule has 1 aromatic carbocycles. The van der Waals surface area contributed by atoms with Crippen LogP contribution in [0.1, 0.15) is 10.4 Å². The molecule has 0 aliphatic rings. The second kappa shape index (κ2) is 6.96. The van der Waals surface area contributed by atoms with Crippen molar-refractivity contribution in [3.8, 4) is 5.75 Å². The van der Waals surface area contributed by atoms with Gasteiger partial charge in [0, 0.05) is 5.02 Å². The van der Waals surface area contributed by atoms with Gasteiger partial charge in [-0.25, -0.2) is 4.79 Å². The molecule has 0 fully saturated rings. The lowest BCUT2D eigenvalue weighted by Crippen LogP contribution is -2.37. The molecule has 6 nitrogen and oxygen atoms in total. The molecule has 1 amide bonds. The molecule has 7 heteroatoms. The van der Waals surface area contributed by atoms with Gasteiger partial charge < -0.3 is 19.9 Å². The summed E-state index contributed by atoms with van der Waals surface area (Å²) in [7, 11) is 2.56. The van der Waals surface area contributed by atoms with E-state index in [1.165, 1.54) is 25.3 Å². The number of aliphatic hydroxyl groups is 1. The molecule has 0 saturated carbocycles. The van der Waals surface area contributed by atoms with Crippen molar-refractivity contribution >= 4 is 23.5 Å². The molecule has 104 valence electrons. The molecule has 2 N–H and O–H groups in total. The topological polar surface area (TPSA) is 84.9 Å². The van der Waals surface area contributed by atoms with E-state index >= 15 is 0 Å². The normalized spacial score (nSPS) is 11.6. The molecule has 0 bridgehead atoms. The molecule has 19 heavy (non-hydrogen) atoms. The van der Waals surface area contributed by atoms with Crippen molar-refractivity contribution in [2.75, 3.05) is 20.8 Å². The average Bonchev–Trinajstić information content (AvgIpc) is 2.43. The van der Waals surface area contributed by atoms with Crippen molar-refractivity contribution in [2.24, 2.45) is 0 Å². The molecule has 1 aromatic rings. The zero-order chi connectivity index (χ0) is 14.4. The highest BCUT2D eigenvalue weighted by molar-refractivity contribution is 6.30. The van der Waals surface area contributed by atoms with Gasteiger partial charge in [0.15, 0.2) is 6.10 Å². The van der Waals surface area contributed by atoms with E-state index in [9.17, 15) is 14.7 Å². The first kappa shape index (κ1) is 15.3. The van der Waals surface area contributed by atoms with E-state index in [1.807, 2.05) is 0 Å². The Labute approximate surface area is 115 Å². The highest BCUT2D eigenvalue weighted by Crippen LogP contribution is 2.22. The third-order valence-corrected chi connectivity index (χ3v) is 2.57. The number of rotatable bonds is 5. The lowest BCUT2D eigenvalue weighted by atomic mass is 10.2. The standard InChI is InChI=1S/C12H14ClNO5/c1-18-10-5-7(13)3-4-8(10)11(16)14-6-9(15)12(17)19-2/h3-5,9,15H,6H2,1-2H3,(H,14,16). The molecular formula is C12H14ClNO5. The van der Waals surface area contributed by atoms with Gasteiger partial charge in [-0.15, -0.1) is 0 Å². The van der Waals surface area contributed by atoms with Gasteiger partial charge in [-0.3, -0.25) is 4.79 Å². The number of aliphatic hydroxyl groups excluding tert-OH is 1. The van der Waals surface area contributed by atoms with E-state index < -0.39 is 18.0 Å². The van der Waals surface area contributed by atoms with E-state index in [0.717, 1.165) is 7.11 Å². The Morgan fingerprint density at radius 1 is 1.42 bits per heavy atom. The van der Waals surface area contributed by atoms with Crippen LogP contribution in [0.2, 0.25) is 5.02 Å². The molecule has 0 saturated heterocycles. The SMILES string of the molecule is COC(=O)C(O)CNC(=O)c1ccc(Cl)cc1OC. The Balaban J connectivity index is 2.71. The summed E-state index contributed by atoms with van der Waals surface area (Å²) >= 11 is 5.78. The smallest absolute Gasteiger partial charge is 0.336 e. The van der Waals surface area contributed by atoms with Crippen molar-refractivity contribution < 1.29 is 24.2 Å². The van der Waals surface area contributed by atoms with Crippen molar-refractivity contribution in [3.63, 3.8) is 0 Å². The quantitative estimate of drug-likeness (QED) is 0.775. The van der Waals surface area contributed by atoms with E-state index in [-0.39, 0.29) is 12.1 Å². The van der Waals surface area contributed by atoms with E-state index in [0.29, 0.717) is 10.8 Å². The molecule has 0 heterocycles. The van der Waals surface area contributed by atoms with Gasteiger partial charge in [-0.1, -0.05) is 11.6 Å². The fourth-order valence-electron chi connectivity index (χ4n) is 1.36. The summed E-state index contributed by atoms with van der Waals surface area (Å²) in [5.41, 5.74) is 0.254. The first-order valence-electron chi connectivity index (χ1n) is 5.37. The summed E-state index contributed by atoms with van der Waals surface area (Å²) in [5, 5.41) is 12.2. The maximum atomic E-state index is 11.9. The maximum absolute atomic E-state index is 11.9. The average molecular weight is 288 g/mol. The Bertz CT molecular complexity index is 477. The van der Waals surface area contributed by atoms with E-state index in [2.05, 4.69) is 10.1 Å². The van der Waals surface area contributed by atoms with Gasteiger partial charge in [-0.2, -0.15) is 0 Å². The second-order valence-electron chi connectivity index (χ2n) is 3.59. The third kappa shape index (κ3) is 4.11. The predicted octanol–water partition coefficient (Wildman–Crippen LogP) is 0.612. The molecule has 1 atom stereocenters. The minimum Gasteiger partial charge on any atom is -0.496 e. The Morgan fingerprint density at radius 2 is 2.11 bits per heavy atom. The molecule has 1 rings (SSSR count). The van der Waals surface area contributed by atoms with Crippen molar-refractivity contribution in [2.45, 2.75) is 6.10 Å². The van der Waals surface area contributed by atoms with Crippen LogP contribution in [0.3, 0.4) is 0 Å². The summed E-state index contributed by atoms with van der Waals surface area (Å²) in [5.74, 6) is -1.00. The van der Waals surface area contributed by atoms with E-state index in [1.54, 1.807) is 0 Å². The summed E-state index contributed by atoms with van der Waals surface area (Å²) in [6.07, 6.45) is -1.41. The zero-order valence-electron chi connectivity index (χ0n) is 10.5. The van der Waals surface area contributed by atoms with Crippen LogP contribution < -0.4 is 10.1 Å². The number of carbonyl (C=O) groups is 2. The van der Waals surface area contributed by atoms with Gasteiger partial charge >= 0.3 is 5.97 Å². The number of methoxy groups -OCH3 is 2. The van der Waals surface area contributed by atoms with Gasteiger partial charge in [0.2, 0.25) is 0 Å². The number of carbonyl (C=O) groups excluding carboxylic acids is 2.